The van der Waals surface area contributed by atoms with Gasteiger partial charge in [0.1, 0.15) is 5.75 Å². The minimum atomic E-state index is 0.188. The van der Waals surface area contributed by atoms with Crippen molar-refractivity contribution in [2.75, 3.05) is 13.2 Å². The average Bonchev–Trinajstić information content (AvgIpc) is 2.76. The fourth-order valence-corrected chi connectivity index (χ4v) is 4.99. The number of halogens is 2. The van der Waals surface area contributed by atoms with Crippen molar-refractivity contribution < 1.29 is 4.74 Å². The van der Waals surface area contributed by atoms with E-state index < -0.39 is 0 Å². The molecule has 0 amide bonds. The van der Waals surface area contributed by atoms with Crippen molar-refractivity contribution in [1.82, 2.24) is 5.32 Å². The largest absolute Gasteiger partial charge is 0.494 e. The Labute approximate surface area is 140 Å². The van der Waals surface area contributed by atoms with Crippen LogP contribution >= 0.6 is 43.2 Å². The Bertz CT molecular complexity index is 554. The zero-order valence-electron chi connectivity index (χ0n) is 11.5. The molecule has 2 aromatic rings. The van der Waals surface area contributed by atoms with E-state index in [-0.39, 0.29) is 6.04 Å². The van der Waals surface area contributed by atoms with E-state index in [0.717, 1.165) is 19.9 Å². The van der Waals surface area contributed by atoms with Crippen molar-refractivity contribution in [2.45, 2.75) is 19.9 Å². The third-order valence-corrected chi connectivity index (χ3v) is 5.31. The molecule has 0 saturated carbocycles. The molecule has 0 saturated heterocycles. The molecule has 20 heavy (non-hydrogen) atoms. The standard InChI is InChI=1S/C15H17Br2NOS/c1-3-18-14(12-9-13(16)20-15(12)17)10-5-7-11(8-6-10)19-4-2/h5-9,14,18H,3-4H2,1-2H3. The lowest BCUT2D eigenvalue weighted by atomic mass is 10.0. The van der Waals surface area contributed by atoms with Gasteiger partial charge in [0, 0.05) is 0 Å². The van der Waals surface area contributed by atoms with E-state index in [1.807, 2.05) is 19.1 Å². The third-order valence-electron chi connectivity index (χ3n) is 2.93. The average molecular weight is 419 g/mol. The number of thiophene rings is 1. The van der Waals surface area contributed by atoms with E-state index >= 15 is 0 Å². The normalized spacial score (nSPS) is 12.4. The number of hydrogen-bond donors (Lipinski definition) is 1. The molecule has 5 heteroatoms. The first kappa shape index (κ1) is 16.0. The Morgan fingerprint density at radius 2 is 1.90 bits per heavy atom. The Morgan fingerprint density at radius 1 is 1.20 bits per heavy atom. The molecule has 1 aromatic carbocycles. The molecule has 1 heterocycles. The maximum absolute atomic E-state index is 5.50. The molecule has 1 atom stereocenters. The molecule has 0 bridgehead atoms. The van der Waals surface area contributed by atoms with Crippen molar-refractivity contribution in [1.29, 1.82) is 0 Å². The Hall–Kier alpha value is -0.360. The van der Waals surface area contributed by atoms with Crippen LogP contribution in [0.5, 0.6) is 5.75 Å². The van der Waals surface area contributed by atoms with Gasteiger partial charge in [-0.05, 0) is 74.7 Å². The highest BCUT2D eigenvalue weighted by atomic mass is 79.9. The first-order chi connectivity index (χ1) is 9.65. The highest BCUT2D eigenvalue weighted by Gasteiger charge is 2.18. The van der Waals surface area contributed by atoms with Gasteiger partial charge in [0.05, 0.1) is 20.2 Å². The molecule has 0 spiro atoms. The summed E-state index contributed by atoms with van der Waals surface area (Å²) in [6.45, 7) is 5.73. The predicted molar refractivity (Wildman–Crippen MR) is 92.8 cm³/mol. The number of ether oxygens (including phenoxy) is 1. The SMILES string of the molecule is CCNC(c1ccc(OCC)cc1)c1cc(Br)sc1Br. The molecular formula is C15H17Br2NOS. The van der Waals surface area contributed by atoms with Crippen LogP contribution in [0, 0.1) is 0 Å². The molecular weight excluding hydrogens is 402 g/mol. The van der Waals surface area contributed by atoms with Crippen LogP contribution in [0.4, 0.5) is 0 Å². The number of benzene rings is 1. The number of hydrogen-bond acceptors (Lipinski definition) is 3. The summed E-state index contributed by atoms with van der Waals surface area (Å²) in [5.74, 6) is 0.914. The van der Waals surface area contributed by atoms with Gasteiger partial charge in [-0.25, -0.2) is 0 Å². The molecule has 0 fully saturated rings. The van der Waals surface area contributed by atoms with Crippen LogP contribution in [0.1, 0.15) is 31.0 Å². The van der Waals surface area contributed by atoms with Gasteiger partial charge in [-0.3, -0.25) is 0 Å². The van der Waals surface area contributed by atoms with Gasteiger partial charge in [-0.15, -0.1) is 11.3 Å². The number of nitrogens with one attached hydrogen (secondary N) is 1. The second kappa shape index (κ2) is 7.59. The van der Waals surface area contributed by atoms with Gasteiger partial charge in [0.2, 0.25) is 0 Å². The maximum Gasteiger partial charge on any atom is 0.119 e. The van der Waals surface area contributed by atoms with Gasteiger partial charge in [-0.1, -0.05) is 19.1 Å². The van der Waals surface area contributed by atoms with Crippen LogP contribution in [0.15, 0.2) is 37.9 Å². The Morgan fingerprint density at radius 3 is 2.40 bits per heavy atom. The van der Waals surface area contributed by atoms with Crippen LogP contribution in [0.3, 0.4) is 0 Å². The molecule has 1 aromatic heterocycles. The number of rotatable bonds is 6. The second-order valence-electron chi connectivity index (χ2n) is 4.27. The molecule has 0 radical (unpaired) electrons. The Balaban J connectivity index is 2.30. The molecule has 2 nitrogen and oxygen atoms in total. The van der Waals surface area contributed by atoms with Crippen LogP contribution < -0.4 is 10.1 Å². The van der Waals surface area contributed by atoms with Gasteiger partial charge >= 0.3 is 0 Å². The summed E-state index contributed by atoms with van der Waals surface area (Å²) < 4.78 is 7.79. The molecule has 0 aliphatic carbocycles. The summed E-state index contributed by atoms with van der Waals surface area (Å²) in [5.41, 5.74) is 2.49. The summed E-state index contributed by atoms with van der Waals surface area (Å²) in [7, 11) is 0. The van der Waals surface area contributed by atoms with Crippen LogP contribution in [0.2, 0.25) is 0 Å². The lowest BCUT2D eigenvalue weighted by Gasteiger charge is -2.18. The monoisotopic (exact) mass is 417 g/mol. The van der Waals surface area contributed by atoms with E-state index in [4.69, 9.17) is 4.74 Å². The summed E-state index contributed by atoms with van der Waals surface area (Å²) in [4.78, 5) is 0. The fourth-order valence-electron chi connectivity index (χ4n) is 2.08. The zero-order valence-corrected chi connectivity index (χ0v) is 15.4. The van der Waals surface area contributed by atoms with Crippen molar-refractivity contribution >= 4 is 43.2 Å². The molecule has 1 unspecified atom stereocenters. The minimum Gasteiger partial charge on any atom is -0.494 e. The topological polar surface area (TPSA) is 21.3 Å². The highest BCUT2D eigenvalue weighted by molar-refractivity contribution is 9.12. The lowest BCUT2D eigenvalue weighted by Crippen LogP contribution is -2.21. The van der Waals surface area contributed by atoms with E-state index in [2.05, 4.69) is 62.3 Å². The van der Waals surface area contributed by atoms with Gasteiger partial charge < -0.3 is 10.1 Å². The molecule has 2 rings (SSSR count). The highest BCUT2D eigenvalue weighted by Crippen LogP contribution is 2.38. The molecule has 0 aliphatic rings. The zero-order chi connectivity index (χ0) is 14.5. The second-order valence-corrected chi connectivity index (χ2v) is 8.02. The van der Waals surface area contributed by atoms with Gasteiger partial charge in [0.25, 0.3) is 0 Å². The minimum absolute atomic E-state index is 0.188. The van der Waals surface area contributed by atoms with E-state index in [1.54, 1.807) is 11.3 Å². The summed E-state index contributed by atoms with van der Waals surface area (Å²) >= 11 is 8.89. The van der Waals surface area contributed by atoms with Crippen molar-refractivity contribution in [3.63, 3.8) is 0 Å². The lowest BCUT2D eigenvalue weighted by molar-refractivity contribution is 0.340. The van der Waals surface area contributed by atoms with E-state index in [0.29, 0.717) is 6.61 Å². The van der Waals surface area contributed by atoms with Crippen LogP contribution in [-0.2, 0) is 0 Å². The fraction of sp³-hybridized carbons (Fsp3) is 0.333. The van der Waals surface area contributed by atoms with Crippen molar-refractivity contribution in [2.24, 2.45) is 0 Å². The summed E-state index contributed by atoms with van der Waals surface area (Å²) in [6.07, 6.45) is 0. The predicted octanol–water partition coefficient (Wildman–Crippen LogP) is 5.37. The third kappa shape index (κ3) is 3.85. The van der Waals surface area contributed by atoms with Crippen LogP contribution in [-0.4, -0.2) is 13.2 Å². The van der Waals surface area contributed by atoms with Gasteiger partial charge in [-0.2, -0.15) is 0 Å². The molecule has 0 aliphatic heterocycles. The van der Waals surface area contributed by atoms with Crippen molar-refractivity contribution in [3.05, 3.63) is 49.0 Å². The van der Waals surface area contributed by atoms with Crippen molar-refractivity contribution in [3.8, 4) is 5.75 Å². The van der Waals surface area contributed by atoms with Crippen LogP contribution in [0.25, 0.3) is 0 Å². The first-order valence-electron chi connectivity index (χ1n) is 6.56. The summed E-state index contributed by atoms with van der Waals surface area (Å²) in [6, 6.07) is 10.6. The molecule has 108 valence electrons. The van der Waals surface area contributed by atoms with Gasteiger partial charge in [0.15, 0.2) is 0 Å². The molecule has 1 N–H and O–H groups in total. The maximum atomic E-state index is 5.50. The Kier molecular flexibility index (Phi) is 6.08. The smallest absolute Gasteiger partial charge is 0.119 e. The first-order valence-corrected chi connectivity index (χ1v) is 8.96. The summed E-state index contributed by atoms with van der Waals surface area (Å²) in [5, 5.41) is 3.54. The quantitative estimate of drug-likeness (QED) is 0.680. The van der Waals surface area contributed by atoms with E-state index in [1.165, 1.54) is 11.1 Å². The van der Waals surface area contributed by atoms with E-state index in [9.17, 15) is 0 Å².